The van der Waals surface area contributed by atoms with Gasteiger partial charge < -0.3 is 19.8 Å². The molecule has 0 aliphatic carbocycles. The number of anilines is 1. The SMILES string of the molecule is CC(=O)N1CCC(Nc2ncc3c(-c4cnc5nc(C)n(CC(F)F)c5n4)c[nH]c3n2)CC1. The Morgan fingerprint density at radius 3 is 2.73 bits per heavy atom. The first-order chi connectivity index (χ1) is 15.9. The van der Waals surface area contributed by atoms with Crippen molar-refractivity contribution >= 4 is 34.2 Å². The third kappa shape index (κ3) is 4.08. The maximum Gasteiger partial charge on any atom is 0.256 e. The van der Waals surface area contributed by atoms with E-state index in [0.717, 1.165) is 23.8 Å². The number of amides is 1. The lowest BCUT2D eigenvalue weighted by Crippen LogP contribution is -2.41. The quantitative estimate of drug-likeness (QED) is 0.475. The van der Waals surface area contributed by atoms with Gasteiger partial charge in [-0.2, -0.15) is 4.98 Å². The molecule has 12 heteroatoms. The highest BCUT2D eigenvalue weighted by Gasteiger charge is 2.22. The highest BCUT2D eigenvalue weighted by molar-refractivity contribution is 5.93. The number of fused-ring (bicyclic) bond motifs is 2. The summed E-state index contributed by atoms with van der Waals surface area (Å²) in [6.07, 6.45) is 4.17. The van der Waals surface area contributed by atoms with Gasteiger partial charge >= 0.3 is 0 Å². The summed E-state index contributed by atoms with van der Waals surface area (Å²) < 4.78 is 27.4. The molecule has 5 heterocycles. The summed E-state index contributed by atoms with van der Waals surface area (Å²) in [5.41, 5.74) is 2.52. The Morgan fingerprint density at radius 1 is 1.21 bits per heavy atom. The number of rotatable bonds is 5. The summed E-state index contributed by atoms with van der Waals surface area (Å²) >= 11 is 0. The van der Waals surface area contributed by atoms with Crippen LogP contribution in [0.15, 0.2) is 18.6 Å². The van der Waals surface area contributed by atoms with Gasteiger partial charge in [-0.05, 0) is 19.8 Å². The van der Waals surface area contributed by atoms with Crippen LogP contribution in [0.2, 0.25) is 0 Å². The average Bonchev–Trinajstić information content (AvgIpc) is 3.34. The van der Waals surface area contributed by atoms with Crippen molar-refractivity contribution in [3.8, 4) is 11.3 Å². The molecule has 1 aliphatic rings. The number of hydrogen-bond acceptors (Lipinski definition) is 7. The maximum absolute atomic E-state index is 13.0. The van der Waals surface area contributed by atoms with E-state index in [1.54, 1.807) is 32.4 Å². The second-order valence-corrected chi connectivity index (χ2v) is 8.15. The molecule has 4 aromatic rings. The van der Waals surface area contributed by atoms with Gasteiger partial charge in [0.25, 0.3) is 6.43 Å². The zero-order valence-electron chi connectivity index (χ0n) is 18.2. The molecule has 1 amide bonds. The van der Waals surface area contributed by atoms with Crippen molar-refractivity contribution in [1.82, 2.24) is 39.4 Å². The first-order valence-electron chi connectivity index (χ1n) is 10.7. The predicted octanol–water partition coefficient (Wildman–Crippen LogP) is 2.76. The number of alkyl halides is 2. The number of likely N-dealkylation sites (tertiary alicyclic amines) is 1. The molecule has 4 aromatic heterocycles. The molecule has 5 rings (SSSR count). The summed E-state index contributed by atoms with van der Waals surface area (Å²) in [6, 6.07) is 0.194. The van der Waals surface area contributed by atoms with Crippen molar-refractivity contribution in [3.63, 3.8) is 0 Å². The van der Waals surface area contributed by atoms with E-state index in [1.165, 1.54) is 4.57 Å². The molecule has 2 N–H and O–H groups in total. The molecule has 0 saturated carbocycles. The fourth-order valence-electron chi connectivity index (χ4n) is 4.20. The predicted molar refractivity (Wildman–Crippen MR) is 118 cm³/mol. The topological polar surface area (TPSA) is 118 Å². The van der Waals surface area contributed by atoms with Crippen LogP contribution < -0.4 is 5.32 Å². The Hall–Kier alpha value is -3.70. The van der Waals surface area contributed by atoms with Crippen molar-refractivity contribution in [2.75, 3.05) is 18.4 Å². The fraction of sp³-hybridized carbons (Fsp3) is 0.429. The van der Waals surface area contributed by atoms with E-state index >= 15 is 0 Å². The van der Waals surface area contributed by atoms with E-state index in [9.17, 15) is 13.6 Å². The standard InChI is InChI=1S/C21H23F2N9O/c1-11-27-19-20(32(11)10-17(22)23)29-16(9-25-19)14-7-24-18-15(14)8-26-21(30-18)28-13-3-5-31(6-4-13)12(2)33/h7-9,13,17H,3-6,10H2,1-2H3,(H2,24,26,28,30). The molecule has 33 heavy (non-hydrogen) atoms. The summed E-state index contributed by atoms with van der Waals surface area (Å²) in [6.45, 7) is 4.18. The van der Waals surface area contributed by atoms with Crippen LogP contribution in [0.25, 0.3) is 33.6 Å². The molecule has 0 unspecified atom stereocenters. The van der Waals surface area contributed by atoms with Crippen molar-refractivity contribution in [2.45, 2.75) is 45.7 Å². The number of nitrogens with zero attached hydrogens (tertiary/aromatic N) is 7. The van der Waals surface area contributed by atoms with Gasteiger partial charge in [0, 0.05) is 49.4 Å². The van der Waals surface area contributed by atoms with Crippen molar-refractivity contribution in [2.24, 2.45) is 0 Å². The second kappa shape index (κ2) is 8.34. The first kappa shape index (κ1) is 21.2. The van der Waals surface area contributed by atoms with Crippen molar-refractivity contribution in [1.29, 1.82) is 0 Å². The number of piperidine rings is 1. The Bertz CT molecular complexity index is 1320. The molecule has 1 saturated heterocycles. The minimum Gasteiger partial charge on any atom is -0.351 e. The van der Waals surface area contributed by atoms with Gasteiger partial charge in [-0.3, -0.25) is 4.79 Å². The van der Waals surface area contributed by atoms with E-state index in [2.05, 4.69) is 35.2 Å². The van der Waals surface area contributed by atoms with E-state index in [0.29, 0.717) is 47.5 Å². The minimum absolute atomic E-state index is 0.0961. The average molecular weight is 455 g/mol. The summed E-state index contributed by atoms with van der Waals surface area (Å²) in [5, 5.41) is 4.09. The summed E-state index contributed by atoms with van der Waals surface area (Å²) in [4.78, 5) is 38.6. The number of aromatic amines is 1. The van der Waals surface area contributed by atoms with Crippen LogP contribution >= 0.6 is 0 Å². The van der Waals surface area contributed by atoms with E-state index in [4.69, 9.17) is 0 Å². The maximum atomic E-state index is 13.0. The number of halogens is 2. The minimum atomic E-state index is -2.52. The van der Waals surface area contributed by atoms with Crippen molar-refractivity contribution < 1.29 is 13.6 Å². The molecule has 0 bridgehead atoms. The van der Waals surface area contributed by atoms with E-state index < -0.39 is 13.0 Å². The lowest BCUT2D eigenvalue weighted by atomic mass is 10.1. The Kier molecular flexibility index (Phi) is 5.35. The molecule has 10 nitrogen and oxygen atoms in total. The Balaban J connectivity index is 1.40. The van der Waals surface area contributed by atoms with Gasteiger partial charge in [0.1, 0.15) is 11.5 Å². The normalized spacial score (nSPS) is 15.1. The second-order valence-electron chi connectivity index (χ2n) is 8.15. The number of hydrogen-bond donors (Lipinski definition) is 2. The number of carbonyl (C=O) groups is 1. The zero-order chi connectivity index (χ0) is 23.1. The van der Waals surface area contributed by atoms with Gasteiger partial charge in [0.2, 0.25) is 11.9 Å². The van der Waals surface area contributed by atoms with Crippen LogP contribution in [0.3, 0.4) is 0 Å². The third-order valence-corrected chi connectivity index (χ3v) is 5.95. The lowest BCUT2D eigenvalue weighted by molar-refractivity contribution is -0.129. The first-order valence-corrected chi connectivity index (χ1v) is 10.7. The smallest absolute Gasteiger partial charge is 0.256 e. The molecule has 0 atom stereocenters. The fourth-order valence-corrected chi connectivity index (χ4v) is 4.20. The van der Waals surface area contributed by atoms with Crippen LogP contribution in [-0.4, -0.2) is 70.8 Å². The number of imidazole rings is 1. The van der Waals surface area contributed by atoms with Gasteiger partial charge in [-0.15, -0.1) is 0 Å². The van der Waals surface area contributed by atoms with Gasteiger partial charge in [0.15, 0.2) is 11.3 Å². The summed E-state index contributed by atoms with van der Waals surface area (Å²) in [5.74, 6) is 1.04. The largest absolute Gasteiger partial charge is 0.351 e. The van der Waals surface area contributed by atoms with E-state index in [-0.39, 0.29) is 11.9 Å². The van der Waals surface area contributed by atoms with Gasteiger partial charge in [0.05, 0.1) is 18.4 Å². The molecule has 0 aromatic carbocycles. The third-order valence-electron chi connectivity index (χ3n) is 5.95. The molecular weight excluding hydrogens is 432 g/mol. The number of nitrogens with one attached hydrogen (secondary N) is 2. The summed E-state index contributed by atoms with van der Waals surface area (Å²) in [7, 11) is 0. The molecule has 172 valence electrons. The van der Waals surface area contributed by atoms with Crippen LogP contribution in [-0.2, 0) is 11.3 Å². The Labute approximate surface area is 187 Å². The van der Waals surface area contributed by atoms with Crippen LogP contribution in [0.5, 0.6) is 0 Å². The number of carbonyl (C=O) groups excluding carboxylic acids is 1. The number of H-pyrrole nitrogens is 1. The van der Waals surface area contributed by atoms with Crippen LogP contribution in [0.1, 0.15) is 25.6 Å². The van der Waals surface area contributed by atoms with Gasteiger partial charge in [-0.1, -0.05) is 0 Å². The lowest BCUT2D eigenvalue weighted by Gasteiger charge is -2.31. The monoisotopic (exact) mass is 455 g/mol. The highest BCUT2D eigenvalue weighted by Crippen LogP contribution is 2.28. The molecule has 1 aliphatic heterocycles. The number of aromatic nitrogens is 7. The van der Waals surface area contributed by atoms with Crippen LogP contribution in [0.4, 0.5) is 14.7 Å². The van der Waals surface area contributed by atoms with Gasteiger partial charge in [-0.25, -0.2) is 28.7 Å². The molecule has 0 spiro atoms. The van der Waals surface area contributed by atoms with Crippen molar-refractivity contribution in [3.05, 3.63) is 24.4 Å². The molecule has 1 fully saturated rings. The van der Waals surface area contributed by atoms with Crippen LogP contribution in [0, 0.1) is 6.92 Å². The Morgan fingerprint density at radius 2 is 2.00 bits per heavy atom. The molecule has 0 radical (unpaired) electrons. The zero-order valence-corrected chi connectivity index (χ0v) is 18.2. The number of aryl methyl sites for hydroxylation is 1. The molecular formula is C21H23F2N9O. The van der Waals surface area contributed by atoms with E-state index in [1.807, 2.05) is 4.90 Å². The highest BCUT2D eigenvalue weighted by atomic mass is 19.3.